The largest absolute Gasteiger partial charge is 0.480 e. The molecule has 1 aromatic carbocycles. The second kappa shape index (κ2) is 8.23. The molecule has 0 aliphatic rings. The van der Waals surface area contributed by atoms with E-state index in [2.05, 4.69) is 15.4 Å². The van der Waals surface area contributed by atoms with Gasteiger partial charge in [0.1, 0.15) is 0 Å². The van der Waals surface area contributed by atoms with Crippen molar-refractivity contribution in [2.75, 3.05) is 20.3 Å². The van der Waals surface area contributed by atoms with Crippen LogP contribution in [0.3, 0.4) is 0 Å². The number of hydrogen-bond donors (Lipinski definition) is 3. The Morgan fingerprint density at radius 2 is 1.90 bits per heavy atom. The second-order valence-corrected chi connectivity index (χ2v) is 4.54. The Morgan fingerprint density at radius 3 is 2.43 bits per heavy atom. The lowest BCUT2D eigenvalue weighted by Gasteiger charge is -2.13. The Balaban J connectivity index is 2.46. The van der Waals surface area contributed by atoms with E-state index in [1.807, 2.05) is 0 Å². The van der Waals surface area contributed by atoms with E-state index in [9.17, 15) is 14.4 Å². The van der Waals surface area contributed by atoms with E-state index in [0.29, 0.717) is 10.6 Å². The molecule has 0 saturated carbocycles. The first-order chi connectivity index (χ1) is 9.93. The molecule has 7 nitrogen and oxygen atoms in total. The van der Waals surface area contributed by atoms with Gasteiger partial charge < -0.3 is 20.5 Å². The first-order valence-corrected chi connectivity index (χ1v) is 6.36. The number of benzene rings is 1. The van der Waals surface area contributed by atoms with E-state index in [-0.39, 0.29) is 13.2 Å². The minimum absolute atomic E-state index is 0.161. The van der Waals surface area contributed by atoms with Gasteiger partial charge in [0.25, 0.3) is 5.91 Å². The summed E-state index contributed by atoms with van der Waals surface area (Å²) in [6.45, 7) is -0.499. The van der Waals surface area contributed by atoms with Crippen LogP contribution in [0.4, 0.5) is 0 Å². The maximum Gasteiger partial charge on any atom is 0.328 e. The van der Waals surface area contributed by atoms with Crippen LogP contribution < -0.4 is 10.6 Å². The van der Waals surface area contributed by atoms with Gasteiger partial charge in [-0.25, -0.2) is 4.79 Å². The van der Waals surface area contributed by atoms with E-state index in [0.717, 1.165) is 0 Å². The van der Waals surface area contributed by atoms with E-state index in [1.54, 1.807) is 12.1 Å². The summed E-state index contributed by atoms with van der Waals surface area (Å²) < 4.78 is 4.68. The highest BCUT2D eigenvalue weighted by Gasteiger charge is 2.19. The maximum atomic E-state index is 11.7. The number of rotatable bonds is 7. The fourth-order valence-electron chi connectivity index (χ4n) is 1.45. The fraction of sp³-hybridized carbons (Fsp3) is 0.308. The molecule has 21 heavy (non-hydrogen) atoms. The summed E-state index contributed by atoms with van der Waals surface area (Å²) >= 11 is 5.70. The number of carboxylic acid groups (broad SMARTS) is 1. The molecule has 0 aliphatic heterocycles. The highest BCUT2D eigenvalue weighted by atomic mass is 35.5. The van der Waals surface area contributed by atoms with E-state index in [1.165, 1.54) is 19.2 Å². The van der Waals surface area contributed by atoms with Crippen molar-refractivity contribution in [3.05, 3.63) is 34.9 Å². The van der Waals surface area contributed by atoms with E-state index < -0.39 is 23.8 Å². The number of aliphatic carboxylic acids is 1. The number of carbonyl (C=O) groups excluding carboxylic acids is 2. The zero-order chi connectivity index (χ0) is 15.8. The summed E-state index contributed by atoms with van der Waals surface area (Å²) in [7, 11) is 1.32. The van der Waals surface area contributed by atoms with Gasteiger partial charge in [0, 0.05) is 17.7 Å². The first-order valence-electron chi connectivity index (χ1n) is 5.99. The highest BCUT2D eigenvalue weighted by Crippen LogP contribution is 2.09. The Labute approximate surface area is 126 Å². The van der Waals surface area contributed by atoms with Gasteiger partial charge in [0.2, 0.25) is 5.91 Å². The molecule has 114 valence electrons. The molecule has 1 atom stereocenters. The Morgan fingerprint density at radius 1 is 1.29 bits per heavy atom. The molecule has 0 saturated heterocycles. The molecule has 0 fully saturated rings. The minimum Gasteiger partial charge on any atom is -0.480 e. The molecule has 0 bridgehead atoms. The number of amides is 2. The van der Waals surface area contributed by atoms with Gasteiger partial charge in [0.15, 0.2) is 6.04 Å². The number of carboxylic acids is 1. The van der Waals surface area contributed by atoms with Crippen LogP contribution in [0.1, 0.15) is 10.4 Å². The first kappa shape index (κ1) is 16.9. The third-order valence-corrected chi connectivity index (χ3v) is 2.73. The van der Waals surface area contributed by atoms with Gasteiger partial charge >= 0.3 is 5.97 Å². The average molecular weight is 315 g/mol. The van der Waals surface area contributed by atoms with Gasteiger partial charge in [-0.3, -0.25) is 9.59 Å². The smallest absolute Gasteiger partial charge is 0.328 e. The number of ether oxygens (including phenoxy) is 1. The Hall–Kier alpha value is -2.12. The molecule has 2 amide bonds. The summed E-state index contributed by atoms with van der Waals surface area (Å²) in [4.78, 5) is 34.1. The Kier molecular flexibility index (Phi) is 6.64. The molecule has 0 aromatic heterocycles. The van der Waals surface area contributed by atoms with Crippen molar-refractivity contribution in [2.24, 2.45) is 0 Å². The molecule has 3 N–H and O–H groups in total. The molecule has 0 radical (unpaired) electrons. The van der Waals surface area contributed by atoms with Crippen LogP contribution >= 0.6 is 11.6 Å². The monoisotopic (exact) mass is 314 g/mol. The number of halogens is 1. The molecule has 8 heteroatoms. The van der Waals surface area contributed by atoms with E-state index >= 15 is 0 Å². The van der Waals surface area contributed by atoms with Crippen molar-refractivity contribution in [3.63, 3.8) is 0 Å². The highest BCUT2D eigenvalue weighted by molar-refractivity contribution is 6.30. The number of methoxy groups -OCH3 is 1. The quantitative estimate of drug-likeness (QED) is 0.671. The van der Waals surface area contributed by atoms with Crippen LogP contribution in [0, 0.1) is 0 Å². The van der Waals surface area contributed by atoms with Crippen molar-refractivity contribution >= 4 is 29.4 Å². The van der Waals surface area contributed by atoms with Crippen molar-refractivity contribution < 1.29 is 24.2 Å². The predicted molar refractivity (Wildman–Crippen MR) is 75.2 cm³/mol. The molecule has 1 unspecified atom stereocenters. The van der Waals surface area contributed by atoms with Crippen LogP contribution in [0.15, 0.2) is 24.3 Å². The summed E-state index contributed by atoms with van der Waals surface area (Å²) in [6.07, 6.45) is 0. The van der Waals surface area contributed by atoms with Crippen LogP contribution in [0.5, 0.6) is 0 Å². The van der Waals surface area contributed by atoms with E-state index in [4.69, 9.17) is 16.7 Å². The molecule has 0 heterocycles. The Bertz CT molecular complexity index is 518. The summed E-state index contributed by atoms with van der Waals surface area (Å²) in [6, 6.07) is 4.97. The van der Waals surface area contributed by atoms with Crippen molar-refractivity contribution in [3.8, 4) is 0 Å². The number of hydrogen-bond acceptors (Lipinski definition) is 4. The standard InChI is InChI=1S/C13H15ClN2O5/c1-21-7-10(13(19)20)16-11(17)6-15-12(18)8-2-4-9(14)5-3-8/h2-5,10H,6-7H2,1H3,(H,15,18)(H,16,17)(H,19,20). The zero-order valence-corrected chi connectivity index (χ0v) is 12.0. The van der Waals surface area contributed by atoms with Crippen LogP contribution in [-0.2, 0) is 14.3 Å². The topological polar surface area (TPSA) is 105 Å². The number of carbonyl (C=O) groups is 3. The van der Waals surface area contributed by atoms with Gasteiger partial charge in [-0.15, -0.1) is 0 Å². The normalized spacial score (nSPS) is 11.5. The molecule has 1 aromatic rings. The van der Waals surface area contributed by atoms with Gasteiger partial charge in [-0.2, -0.15) is 0 Å². The molecule has 0 spiro atoms. The van der Waals surface area contributed by atoms with Crippen LogP contribution in [0.2, 0.25) is 5.02 Å². The molecular weight excluding hydrogens is 300 g/mol. The van der Waals surface area contributed by atoms with Gasteiger partial charge in [-0.1, -0.05) is 11.6 Å². The maximum absolute atomic E-state index is 11.7. The molecule has 1 rings (SSSR count). The fourth-order valence-corrected chi connectivity index (χ4v) is 1.58. The minimum atomic E-state index is -1.21. The van der Waals surface area contributed by atoms with Crippen LogP contribution in [0.25, 0.3) is 0 Å². The summed E-state index contributed by atoms with van der Waals surface area (Å²) in [5.41, 5.74) is 0.346. The lowest BCUT2D eigenvalue weighted by molar-refractivity contribution is -0.143. The summed E-state index contributed by atoms with van der Waals surface area (Å²) in [5.74, 6) is -2.29. The van der Waals surface area contributed by atoms with Gasteiger partial charge in [-0.05, 0) is 24.3 Å². The average Bonchev–Trinajstić information content (AvgIpc) is 2.45. The van der Waals surface area contributed by atoms with Crippen LogP contribution in [-0.4, -0.2) is 49.2 Å². The van der Waals surface area contributed by atoms with Crippen molar-refractivity contribution in [1.82, 2.24) is 10.6 Å². The second-order valence-electron chi connectivity index (χ2n) is 4.10. The van der Waals surface area contributed by atoms with Gasteiger partial charge in [0.05, 0.1) is 13.2 Å². The lowest BCUT2D eigenvalue weighted by atomic mass is 10.2. The number of nitrogens with one attached hydrogen (secondary N) is 2. The van der Waals surface area contributed by atoms with Crippen molar-refractivity contribution in [1.29, 1.82) is 0 Å². The third kappa shape index (κ3) is 5.80. The third-order valence-electron chi connectivity index (χ3n) is 2.48. The SMILES string of the molecule is COCC(NC(=O)CNC(=O)c1ccc(Cl)cc1)C(=O)O. The molecule has 0 aliphatic carbocycles. The predicted octanol–water partition coefficient (Wildman–Crippen LogP) is 0.286. The zero-order valence-electron chi connectivity index (χ0n) is 11.3. The van der Waals surface area contributed by atoms with Crippen molar-refractivity contribution in [2.45, 2.75) is 6.04 Å². The summed E-state index contributed by atoms with van der Waals surface area (Å²) in [5, 5.41) is 13.9. The lowest BCUT2D eigenvalue weighted by Crippen LogP contribution is -2.47. The molecular formula is C13H15ClN2O5.